The second kappa shape index (κ2) is 37.3. The Hall–Kier alpha value is -15.7. The number of nitrogens with zero attached hydrogens (tertiary/aromatic N) is 15. The molecule has 12 aromatic heterocycles. The highest BCUT2D eigenvalue weighted by molar-refractivity contribution is 6.15. The summed E-state index contributed by atoms with van der Waals surface area (Å²) in [4.78, 5) is 116. The van der Waals surface area contributed by atoms with Gasteiger partial charge in [0.2, 0.25) is 5.91 Å². The van der Waals surface area contributed by atoms with E-state index < -0.39 is 0 Å². The molecule has 622 valence electrons. The van der Waals surface area contributed by atoms with Crippen molar-refractivity contribution in [3.63, 3.8) is 0 Å². The highest BCUT2D eigenvalue weighted by Gasteiger charge is 2.30. The van der Waals surface area contributed by atoms with E-state index in [0.29, 0.717) is 62.0 Å². The summed E-state index contributed by atoms with van der Waals surface area (Å²) >= 11 is 0. The van der Waals surface area contributed by atoms with E-state index in [1.165, 1.54) is 23.3 Å². The number of nitrogens with one attached hydrogen (secondary N) is 10. The Labute approximate surface area is 711 Å². The second-order valence-electron chi connectivity index (χ2n) is 30.5. The SMILES string of the molecule is Cc1ccc(NC(=O)c2n[nH]c3ccc(-c4cncc(CN5CCCC5)c4)cc23)cn1.Cc1ccc(NC(=O)c2n[nH]c3ccc(-c4cncc(N5CCOCC5)c4)cc23)cn1.Cc1ccc(NC(=O)c2n[nH]c3ccc(-c4cncc(NC(=O)C5CC5)c4)cc23)cn1.Cc1ccc(NC(=O)c2n[nH]c3ccc(-c4cncc(NC(=O)N(C)C)c4)cc23)cn1. The van der Waals surface area contributed by atoms with Crippen LogP contribution < -0.4 is 36.8 Å². The van der Waals surface area contributed by atoms with Crippen molar-refractivity contribution in [3.8, 4) is 44.5 Å². The van der Waals surface area contributed by atoms with E-state index in [9.17, 15) is 28.8 Å². The number of anilines is 7. The molecule has 7 amide bonds. The molecule has 3 fully saturated rings. The predicted molar refractivity (Wildman–Crippen MR) is 477 cm³/mol. The highest BCUT2D eigenvalue weighted by atomic mass is 16.5. The van der Waals surface area contributed by atoms with Gasteiger partial charge < -0.3 is 46.4 Å². The Morgan fingerprint density at radius 2 is 0.726 bits per heavy atom. The van der Waals surface area contributed by atoms with Crippen LogP contribution in [0.4, 0.5) is 44.6 Å². The van der Waals surface area contributed by atoms with Gasteiger partial charge in [0.25, 0.3) is 23.6 Å². The summed E-state index contributed by atoms with van der Waals surface area (Å²) in [5.41, 5.74) is 21.2. The van der Waals surface area contributed by atoms with Gasteiger partial charge in [0.05, 0.1) is 118 Å². The van der Waals surface area contributed by atoms with Crippen molar-refractivity contribution >= 4 is 119 Å². The minimum absolute atomic E-state index is 0.0359. The van der Waals surface area contributed by atoms with E-state index >= 15 is 0 Å². The Morgan fingerprint density at radius 3 is 1.09 bits per heavy atom. The first-order valence-electron chi connectivity index (χ1n) is 40.3. The van der Waals surface area contributed by atoms with Crippen molar-refractivity contribution in [1.29, 1.82) is 0 Å². The molecule has 1 aliphatic carbocycles. The fourth-order valence-electron chi connectivity index (χ4n) is 14.1. The number of aromatic amines is 4. The molecule has 32 nitrogen and oxygen atoms in total. The molecule has 10 N–H and O–H groups in total. The molecule has 124 heavy (non-hydrogen) atoms. The van der Waals surface area contributed by atoms with Crippen LogP contribution in [0.1, 0.15) is 96.0 Å². The van der Waals surface area contributed by atoms with Crippen molar-refractivity contribution < 1.29 is 33.5 Å². The predicted octanol–water partition coefficient (Wildman–Crippen LogP) is 15.2. The van der Waals surface area contributed by atoms with E-state index in [0.717, 1.165) is 165 Å². The van der Waals surface area contributed by atoms with Gasteiger partial charge in [-0.15, -0.1) is 0 Å². The minimum Gasteiger partial charge on any atom is -0.378 e. The van der Waals surface area contributed by atoms with E-state index in [1.54, 1.807) is 75.8 Å². The lowest BCUT2D eigenvalue weighted by Gasteiger charge is -2.28. The topological polar surface area (TPSA) is 411 Å². The summed E-state index contributed by atoms with van der Waals surface area (Å²) in [6.07, 6.45) is 25.1. The average Bonchev–Trinajstić information content (AvgIpc) is 1.64. The molecule has 16 aromatic rings. The number of amides is 7. The van der Waals surface area contributed by atoms with Gasteiger partial charge >= 0.3 is 6.03 Å². The lowest BCUT2D eigenvalue weighted by atomic mass is 10.0. The number of aryl methyl sites for hydroxylation is 4. The lowest BCUT2D eigenvalue weighted by Crippen LogP contribution is -2.36. The van der Waals surface area contributed by atoms with Gasteiger partial charge in [0, 0.05) is 137 Å². The Bertz CT molecular complexity index is 6400. The quantitative estimate of drug-likeness (QED) is 0.0381. The van der Waals surface area contributed by atoms with E-state index in [2.05, 4.69) is 134 Å². The number of aromatic nitrogens is 16. The molecule has 0 radical (unpaired) electrons. The standard InChI is InChI=1S/C24H24N6O.C23H20N6O2.C23H22N6O2.C22H21N7O2/c1-16-4-6-20(14-26-16)27-24(31)23-21-11-18(5-7-22(21)28-29-23)19-10-17(12-25-13-19)15-30-8-2-3-9-30;1-13-2-6-17(12-25-13)26-23(31)21-19-9-15(5-7-20(19)28-29-21)16-8-18(11-24-10-16)27-22(30)14-3-4-14;1-15-2-4-18(13-25-15)26-23(30)22-20-11-16(3-5-21(20)27-28-22)17-10-19(14-24-12-17)29-6-8-31-9-7-29;1-13-4-6-16(12-24-13)25-21(30)20-18-9-14(5-7-19(18)27-28-20)15-8-17(11-23-10-15)26-22(31)29(2)3/h4-7,10-14H,2-3,8-9,15H2,1H3,(H,27,31)(H,28,29);2,5-12,14H,3-4H2,1H3,(H,26,31)(H,27,30)(H,28,29);2-5,10-14H,6-9H2,1H3,(H,26,30)(H,27,28);4-12H,1-3H3,(H,25,30)(H,26,31)(H,27,28). The Kier molecular flexibility index (Phi) is 24.7. The zero-order chi connectivity index (χ0) is 85.7. The van der Waals surface area contributed by atoms with E-state index in [4.69, 9.17) is 4.74 Å². The van der Waals surface area contributed by atoms with Crippen molar-refractivity contribution in [3.05, 3.63) is 271 Å². The van der Waals surface area contributed by atoms with Gasteiger partial charge in [0.1, 0.15) is 0 Å². The molecule has 14 heterocycles. The van der Waals surface area contributed by atoms with Gasteiger partial charge in [-0.2, -0.15) is 20.4 Å². The number of pyridine rings is 8. The third-order valence-electron chi connectivity index (χ3n) is 21.0. The number of carbonyl (C=O) groups is 6. The van der Waals surface area contributed by atoms with E-state index in [1.807, 2.05) is 174 Å². The molecule has 0 bridgehead atoms. The van der Waals surface area contributed by atoms with Crippen LogP contribution in [0.15, 0.2) is 220 Å². The fraction of sp³-hybridized carbons (Fsp3) is 0.196. The number of likely N-dealkylation sites (tertiary alicyclic amines) is 1. The van der Waals surface area contributed by atoms with Crippen LogP contribution in [-0.4, -0.2) is 180 Å². The molecular weight excluding hydrogens is 1570 g/mol. The maximum absolute atomic E-state index is 12.8. The van der Waals surface area contributed by atoms with Crippen molar-refractivity contribution in [2.75, 3.05) is 90.3 Å². The largest absolute Gasteiger partial charge is 0.378 e. The molecule has 1 saturated carbocycles. The number of H-pyrrole nitrogens is 4. The van der Waals surface area contributed by atoms with Crippen LogP contribution >= 0.6 is 0 Å². The molecule has 2 aliphatic heterocycles. The Morgan fingerprint density at radius 1 is 0.371 bits per heavy atom. The van der Waals surface area contributed by atoms with Gasteiger partial charge in [-0.25, -0.2) is 4.79 Å². The number of benzene rings is 4. The number of urea groups is 1. The minimum atomic E-state index is -0.334. The molecule has 0 unspecified atom stereocenters. The number of carbonyl (C=O) groups excluding carboxylic acids is 6. The van der Waals surface area contributed by atoms with Crippen LogP contribution in [0.25, 0.3) is 88.1 Å². The van der Waals surface area contributed by atoms with Crippen LogP contribution in [-0.2, 0) is 16.1 Å². The molecule has 0 spiro atoms. The van der Waals surface area contributed by atoms with Crippen molar-refractivity contribution in [1.82, 2.24) is 90.5 Å². The Balaban J connectivity index is 0.000000122. The molecule has 4 aromatic carbocycles. The van der Waals surface area contributed by atoms with Crippen LogP contribution in [0.5, 0.6) is 0 Å². The van der Waals surface area contributed by atoms with Gasteiger partial charge in [-0.05, 0) is 216 Å². The number of ether oxygens (including phenoxy) is 1. The summed E-state index contributed by atoms with van der Waals surface area (Å²) in [5.74, 6) is -1.05. The highest BCUT2D eigenvalue weighted by Crippen LogP contribution is 2.35. The molecule has 3 aliphatic rings. The lowest BCUT2D eigenvalue weighted by molar-refractivity contribution is -0.117. The third-order valence-corrected chi connectivity index (χ3v) is 21.0. The molecular formula is C92H87N25O7. The second-order valence-corrected chi connectivity index (χ2v) is 30.5. The van der Waals surface area contributed by atoms with Gasteiger partial charge in [-0.1, -0.05) is 24.3 Å². The number of morpholine rings is 1. The molecule has 19 rings (SSSR count). The zero-order valence-corrected chi connectivity index (χ0v) is 68.7. The van der Waals surface area contributed by atoms with Crippen LogP contribution in [0.3, 0.4) is 0 Å². The first-order chi connectivity index (χ1) is 60.3. The summed E-state index contributed by atoms with van der Waals surface area (Å²) in [5, 5.41) is 48.5. The molecule has 2 saturated heterocycles. The summed E-state index contributed by atoms with van der Waals surface area (Å²) in [6, 6.07) is 45.6. The molecule has 32 heteroatoms. The number of rotatable bonds is 18. The number of hydrogen-bond donors (Lipinski definition) is 10. The van der Waals surface area contributed by atoms with Crippen molar-refractivity contribution in [2.45, 2.75) is 59.9 Å². The first kappa shape index (κ1) is 82.0. The summed E-state index contributed by atoms with van der Waals surface area (Å²) < 4.78 is 5.45. The number of hydrogen-bond acceptors (Lipinski definition) is 21. The first-order valence-corrected chi connectivity index (χ1v) is 40.3. The zero-order valence-electron chi connectivity index (χ0n) is 68.7. The van der Waals surface area contributed by atoms with Crippen LogP contribution in [0.2, 0.25) is 0 Å². The monoisotopic (exact) mass is 1650 g/mol. The summed E-state index contributed by atoms with van der Waals surface area (Å²) in [6.45, 7) is 13.9. The van der Waals surface area contributed by atoms with Crippen LogP contribution in [0, 0.1) is 33.6 Å². The average molecular weight is 1650 g/mol. The summed E-state index contributed by atoms with van der Waals surface area (Å²) in [7, 11) is 3.33. The maximum Gasteiger partial charge on any atom is 0.321 e. The smallest absolute Gasteiger partial charge is 0.321 e. The van der Waals surface area contributed by atoms with Crippen molar-refractivity contribution in [2.24, 2.45) is 5.92 Å². The molecule has 0 atom stereocenters. The maximum atomic E-state index is 12.8. The third kappa shape index (κ3) is 20.1. The van der Waals surface area contributed by atoms with Gasteiger partial charge in [0.15, 0.2) is 22.8 Å². The number of fused-ring (bicyclic) bond motifs is 4. The van der Waals surface area contributed by atoms with Gasteiger partial charge in [-0.3, -0.25) is 89.1 Å². The fourth-order valence-corrected chi connectivity index (χ4v) is 14.1. The normalized spacial score (nSPS) is 13.0. The van der Waals surface area contributed by atoms with E-state index in [-0.39, 0.29) is 47.2 Å².